The first-order valence-corrected chi connectivity index (χ1v) is 6.63. The quantitative estimate of drug-likeness (QED) is 0.901. The van der Waals surface area contributed by atoms with Crippen LogP contribution in [0.15, 0.2) is 22.7 Å². The van der Waals surface area contributed by atoms with E-state index in [0.29, 0.717) is 6.42 Å². The maximum absolute atomic E-state index is 11.8. The summed E-state index contributed by atoms with van der Waals surface area (Å²) in [5, 5.41) is 2.89. The number of aryl methyl sites for hydroxylation is 1. The molecule has 3 nitrogen and oxygen atoms in total. The number of nitrogens with one attached hydrogen (secondary N) is 1. The number of amides is 1. The molecule has 0 radical (unpaired) electrons. The van der Waals surface area contributed by atoms with Crippen molar-refractivity contribution < 1.29 is 4.79 Å². The van der Waals surface area contributed by atoms with E-state index in [1.165, 1.54) is 0 Å². The van der Waals surface area contributed by atoms with Gasteiger partial charge in [-0.05, 0) is 43.9 Å². The van der Waals surface area contributed by atoms with Crippen molar-refractivity contribution >= 4 is 27.5 Å². The third-order valence-electron chi connectivity index (χ3n) is 3.32. The molecular formula is C13H17BrN2O. The monoisotopic (exact) mass is 296 g/mol. The van der Waals surface area contributed by atoms with Crippen LogP contribution in [0.25, 0.3) is 0 Å². The lowest BCUT2D eigenvalue weighted by Crippen LogP contribution is -2.48. The average molecular weight is 297 g/mol. The summed E-state index contributed by atoms with van der Waals surface area (Å²) in [6.07, 6.45) is 3.47. The SMILES string of the molecule is Cc1ccc(NC(=O)CC2(N)CCC2)cc1Br. The number of benzene rings is 1. The second-order valence-electron chi connectivity index (χ2n) is 4.90. The fourth-order valence-corrected chi connectivity index (χ4v) is 2.38. The largest absolute Gasteiger partial charge is 0.326 e. The topological polar surface area (TPSA) is 55.1 Å². The highest BCUT2D eigenvalue weighted by atomic mass is 79.9. The Kier molecular flexibility index (Phi) is 3.54. The fourth-order valence-electron chi connectivity index (χ4n) is 2.00. The fraction of sp³-hybridized carbons (Fsp3) is 0.462. The molecule has 0 aliphatic heterocycles. The van der Waals surface area contributed by atoms with Gasteiger partial charge in [0.05, 0.1) is 0 Å². The number of hydrogen-bond acceptors (Lipinski definition) is 2. The van der Waals surface area contributed by atoms with Gasteiger partial charge in [0.2, 0.25) is 5.91 Å². The summed E-state index contributed by atoms with van der Waals surface area (Å²) < 4.78 is 1.00. The third-order valence-corrected chi connectivity index (χ3v) is 4.17. The zero-order chi connectivity index (χ0) is 12.5. The lowest BCUT2D eigenvalue weighted by Gasteiger charge is -2.37. The summed E-state index contributed by atoms with van der Waals surface area (Å²) in [6, 6.07) is 5.79. The van der Waals surface area contributed by atoms with Gasteiger partial charge in [-0.15, -0.1) is 0 Å². The van der Waals surface area contributed by atoms with Crippen LogP contribution in [-0.2, 0) is 4.79 Å². The van der Waals surface area contributed by atoms with Crippen LogP contribution in [0.1, 0.15) is 31.2 Å². The number of nitrogens with two attached hydrogens (primary N) is 1. The van der Waals surface area contributed by atoms with Crippen molar-refractivity contribution in [2.45, 2.75) is 38.1 Å². The molecule has 1 aliphatic rings. The lowest BCUT2D eigenvalue weighted by atomic mass is 9.75. The summed E-state index contributed by atoms with van der Waals surface area (Å²) in [5.74, 6) is 0.00273. The van der Waals surface area contributed by atoms with E-state index in [0.717, 1.165) is 35.0 Å². The Bertz CT molecular complexity index is 441. The molecule has 4 heteroatoms. The highest BCUT2D eigenvalue weighted by Gasteiger charge is 2.34. The van der Waals surface area contributed by atoms with E-state index >= 15 is 0 Å². The van der Waals surface area contributed by atoms with Gasteiger partial charge in [-0.2, -0.15) is 0 Å². The highest BCUT2D eigenvalue weighted by Crippen LogP contribution is 2.32. The van der Waals surface area contributed by atoms with Gasteiger partial charge in [0.25, 0.3) is 0 Å². The smallest absolute Gasteiger partial charge is 0.226 e. The van der Waals surface area contributed by atoms with Gasteiger partial charge < -0.3 is 11.1 Å². The number of carbonyl (C=O) groups is 1. The van der Waals surface area contributed by atoms with Crippen LogP contribution in [-0.4, -0.2) is 11.4 Å². The Hall–Kier alpha value is -0.870. The van der Waals surface area contributed by atoms with E-state index in [-0.39, 0.29) is 11.4 Å². The highest BCUT2D eigenvalue weighted by molar-refractivity contribution is 9.10. The van der Waals surface area contributed by atoms with Crippen molar-refractivity contribution in [2.24, 2.45) is 5.73 Å². The summed E-state index contributed by atoms with van der Waals surface area (Å²) in [6.45, 7) is 2.01. The zero-order valence-electron chi connectivity index (χ0n) is 9.92. The maximum Gasteiger partial charge on any atom is 0.226 e. The molecule has 1 amide bonds. The van der Waals surface area contributed by atoms with Crippen LogP contribution >= 0.6 is 15.9 Å². The minimum Gasteiger partial charge on any atom is -0.326 e. The first-order chi connectivity index (χ1) is 7.98. The summed E-state index contributed by atoms with van der Waals surface area (Å²) in [5.41, 5.74) is 7.75. The molecule has 1 fully saturated rings. The predicted octanol–water partition coefficient (Wildman–Crippen LogP) is 2.97. The van der Waals surface area contributed by atoms with E-state index in [4.69, 9.17) is 5.73 Å². The van der Waals surface area contributed by atoms with Gasteiger partial charge in [-0.3, -0.25) is 4.79 Å². The molecule has 0 saturated heterocycles. The van der Waals surface area contributed by atoms with Crippen LogP contribution in [0.5, 0.6) is 0 Å². The standard InChI is InChI=1S/C13H17BrN2O/c1-9-3-4-10(7-11(9)14)16-12(17)8-13(15)5-2-6-13/h3-4,7H,2,5-6,8,15H2,1H3,(H,16,17). The lowest BCUT2D eigenvalue weighted by molar-refractivity contribution is -0.118. The van der Waals surface area contributed by atoms with Crippen LogP contribution in [0, 0.1) is 6.92 Å². The van der Waals surface area contributed by atoms with Crippen LogP contribution in [0.4, 0.5) is 5.69 Å². The van der Waals surface area contributed by atoms with E-state index in [1.807, 2.05) is 25.1 Å². The van der Waals surface area contributed by atoms with Crippen molar-refractivity contribution in [3.05, 3.63) is 28.2 Å². The van der Waals surface area contributed by atoms with Gasteiger partial charge in [0.1, 0.15) is 0 Å². The first kappa shape index (κ1) is 12.6. The van der Waals surface area contributed by atoms with Crippen LogP contribution in [0.2, 0.25) is 0 Å². The van der Waals surface area contributed by atoms with E-state index in [1.54, 1.807) is 0 Å². The molecule has 1 aromatic rings. The van der Waals surface area contributed by atoms with Crippen molar-refractivity contribution in [3.63, 3.8) is 0 Å². The van der Waals surface area contributed by atoms with E-state index < -0.39 is 0 Å². The third kappa shape index (κ3) is 3.07. The number of carbonyl (C=O) groups excluding carboxylic acids is 1. The van der Waals surface area contributed by atoms with E-state index in [2.05, 4.69) is 21.2 Å². The molecule has 2 rings (SSSR count). The zero-order valence-corrected chi connectivity index (χ0v) is 11.5. The maximum atomic E-state index is 11.8. The molecule has 1 aliphatic carbocycles. The summed E-state index contributed by atoms with van der Waals surface area (Å²) >= 11 is 3.45. The Labute approximate surface area is 110 Å². The van der Waals surface area contributed by atoms with Crippen molar-refractivity contribution in [1.82, 2.24) is 0 Å². The molecule has 0 bridgehead atoms. The summed E-state index contributed by atoms with van der Waals surface area (Å²) in [4.78, 5) is 11.8. The van der Waals surface area contributed by atoms with Gasteiger partial charge in [-0.1, -0.05) is 22.0 Å². The molecule has 17 heavy (non-hydrogen) atoms. The van der Waals surface area contributed by atoms with Crippen molar-refractivity contribution in [2.75, 3.05) is 5.32 Å². The Balaban J connectivity index is 1.95. The minimum absolute atomic E-state index is 0.00273. The second-order valence-corrected chi connectivity index (χ2v) is 5.76. The minimum atomic E-state index is -0.258. The van der Waals surface area contributed by atoms with Gasteiger partial charge in [0.15, 0.2) is 0 Å². The first-order valence-electron chi connectivity index (χ1n) is 5.83. The molecule has 1 saturated carbocycles. The normalized spacial score (nSPS) is 17.4. The Morgan fingerprint density at radius 1 is 1.53 bits per heavy atom. The molecule has 92 valence electrons. The number of hydrogen-bond donors (Lipinski definition) is 2. The Morgan fingerprint density at radius 2 is 2.24 bits per heavy atom. The van der Waals surface area contributed by atoms with Crippen LogP contribution in [0.3, 0.4) is 0 Å². The second kappa shape index (κ2) is 4.78. The van der Waals surface area contributed by atoms with Crippen molar-refractivity contribution in [3.8, 4) is 0 Å². The van der Waals surface area contributed by atoms with Crippen molar-refractivity contribution in [1.29, 1.82) is 0 Å². The molecule has 0 spiro atoms. The average Bonchev–Trinajstić information content (AvgIpc) is 2.21. The number of rotatable bonds is 3. The van der Waals surface area contributed by atoms with Gasteiger partial charge in [-0.25, -0.2) is 0 Å². The molecular weight excluding hydrogens is 280 g/mol. The molecule has 3 N–H and O–H groups in total. The molecule has 1 aromatic carbocycles. The number of halogens is 1. The molecule has 0 heterocycles. The Morgan fingerprint density at radius 3 is 2.76 bits per heavy atom. The van der Waals surface area contributed by atoms with E-state index in [9.17, 15) is 4.79 Å². The van der Waals surface area contributed by atoms with Gasteiger partial charge >= 0.3 is 0 Å². The molecule has 0 aromatic heterocycles. The molecule has 0 atom stereocenters. The molecule has 0 unspecified atom stereocenters. The van der Waals surface area contributed by atoms with Gasteiger partial charge in [0, 0.05) is 22.1 Å². The summed E-state index contributed by atoms with van der Waals surface area (Å²) in [7, 11) is 0. The van der Waals surface area contributed by atoms with Crippen LogP contribution < -0.4 is 11.1 Å². The number of anilines is 1. The predicted molar refractivity (Wildman–Crippen MR) is 72.9 cm³/mol.